The van der Waals surface area contributed by atoms with E-state index in [1.807, 2.05) is 30.3 Å². The fourth-order valence-electron chi connectivity index (χ4n) is 3.09. The fraction of sp³-hybridized carbons (Fsp3) is 0.278. The molecule has 0 aliphatic carbocycles. The van der Waals surface area contributed by atoms with Crippen molar-refractivity contribution >= 4 is 33.2 Å². The van der Waals surface area contributed by atoms with E-state index < -0.39 is 15.9 Å². The Labute approximate surface area is 166 Å². The van der Waals surface area contributed by atoms with Crippen molar-refractivity contribution in [2.24, 2.45) is 0 Å². The van der Waals surface area contributed by atoms with E-state index in [0.717, 1.165) is 29.7 Å². The Morgan fingerprint density at radius 2 is 1.89 bits per heavy atom. The van der Waals surface area contributed by atoms with Crippen LogP contribution in [0.4, 0.5) is 5.95 Å². The van der Waals surface area contributed by atoms with E-state index >= 15 is 0 Å². The van der Waals surface area contributed by atoms with Gasteiger partial charge in [-0.2, -0.15) is 4.31 Å². The van der Waals surface area contributed by atoms with Crippen LogP contribution in [0.25, 0.3) is 0 Å². The number of hydrogen-bond acceptors (Lipinski definition) is 6. The molecule has 8 nitrogen and oxygen atoms in total. The SMILES string of the molecule is O=C(Nc1ncn(Cc2ccccc2)n1)c1sccc1S(=O)(=O)N1CCCC1. The number of rotatable bonds is 6. The molecule has 0 radical (unpaired) electrons. The minimum atomic E-state index is -3.66. The summed E-state index contributed by atoms with van der Waals surface area (Å²) in [6, 6.07) is 11.2. The summed E-state index contributed by atoms with van der Waals surface area (Å²) >= 11 is 1.09. The summed E-state index contributed by atoms with van der Waals surface area (Å²) < 4.78 is 28.6. The minimum absolute atomic E-state index is 0.0422. The molecule has 3 aromatic rings. The molecule has 4 rings (SSSR count). The second-order valence-corrected chi connectivity index (χ2v) is 9.25. The van der Waals surface area contributed by atoms with Gasteiger partial charge in [-0.15, -0.1) is 16.4 Å². The molecule has 10 heteroatoms. The Balaban J connectivity index is 1.49. The average Bonchev–Trinajstić information content (AvgIpc) is 3.44. The molecular weight excluding hydrogens is 398 g/mol. The third kappa shape index (κ3) is 3.84. The molecule has 1 N–H and O–H groups in total. The van der Waals surface area contributed by atoms with Gasteiger partial charge >= 0.3 is 0 Å². The number of benzene rings is 1. The molecule has 0 atom stereocenters. The van der Waals surface area contributed by atoms with Crippen molar-refractivity contribution in [3.8, 4) is 0 Å². The fourth-order valence-corrected chi connectivity index (χ4v) is 5.90. The maximum absolute atomic E-state index is 12.8. The minimum Gasteiger partial charge on any atom is -0.288 e. The number of amides is 1. The van der Waals surface area contributed by atoms with Gasteiger partial charge < -0.3 is 0 Å². The van der Waals surface area contributed by atoms with Crippen LogP contribution in [-0.2, 0) is 16.6 Å². The molecule has 146 valence electrons. The molecule has 1 amide bonds. The monoisotopic (exact) mass is 417 g/mol. The maximum atomic E-state index is 12.8. The molecule has 28 heavy (non-hydrogen) atoms. The zero-order valence-corrected chi connectivity index (χ0v) is 16.6. The molecule has 0 bridgehead atoms. The van der Waals surface area contributed by atoms with E-state index in [4.69, 9.17) is 0 Å². The molecule has 1 aromatic carbocycles. The Morgan fingerprint density at radius 1 is 1.14 bits per heavy atom. The number of anilines is 1. The second kappa shape index (κ2) is 7.82. The largest absolute Gasteiger partial charge is 0.288 e. The first-order valence-electron chi connectivity index (χ1n) is 8.86. The van der Waals surface area contributed by atoms with Gasteiger partial charge in [0.25, 0.3) is 5.91 Å². The van der Waals surface area contributed by atoms with Crippen molar-refractivity contribution in [3.63, 3.8) is 0 Å². The molecule has 1 aliphatic heterocycles. The highest BCUT2D eigenvalue weighted by molar-refractivity contribution is 7.89. The van der Waals surface area contributed by atoms with E-state index in [1.165, 1.54) is 16.7 Å². The lowest BCUT2D eigenvalue weighted by Gasteiger charge is -2.15. The van der Waals surface area contributed by atoms with Crippen LogP contribution in [-0.4, -0.2) is 46.5 Å². The second-order valence-electron chi connectivity index (χ2n) is 6.43. The van der Waals surface area contributed by atoms with Gasteiger partial charge in [-0.25, -0.2) is 18.1 Å². The molecule has 1 aliphatic rings. The Bertz CT molecular complexity index is 1070. The highest BCUT2D eigenvalue weighted by atomic mass is 32.2. The quantitative estimate of drug-likeness (QED) is 0.664. The van der Waals surface area contributed by atoms with Crippen LogP contribution in [0, 0.1) is 0 Å². The first kappa shape index (κ1) is 18.8. The van der Waals surface area contributed by atoms with Crippen molar-refractivity contribution in [1.82, 2.24) is 19.1 Å². The predicted octanol–water partition coefficient (Wildman–Crippen LogP) is 2.42. The highest BCUT2D eigenvalue weighted by Gasteiger charge is 2.32. The lowest BCUT2D eigenvalue weighted by Crippen LogP contribution is -2.29. The molecule has 3 heterocycles. The summed E-state index contributed by atoms with van der Waals surface area (Å²) in [4.78, 5) is 16.9. The number of carbonyl (C=O) groups excluding carboxylic acids is 1. The highest BCUT2D eigenvalue weighted by Crippen LogP contribution is 2.28. The average molecular weight is 418 g/mol. The number of aromatic nitrogens is 3. The van der Waals surface area contributed by atoms with Gasteiger partial charge in [0.1, 0.15) is 16.1 Å². The van der Waals surface area contributed by atoms with Crippen LogP contribution < -0.4 is 5.32 Å². The summed E-state index contributed by atoms with van der Waals surface area (Å²) in [5.41, 5.74) is 1.06. The van der Waals surface area contributed by atoms with Crippen molar-refractivity contribution in [2.75, 3.05) is 18.4 Å². The van der Waals surface area contributed by atoms with E-state index in [9.17, 15) is 13.2 Å². The standard InChI is InChI=1S/C18H19N5O3S2/c24-17(16-15(8-11-27-16)28(25,26)23-9-4-5-10-23)20-18-19-13-22(21-18)12-14-6-2-1-3-7-14/h1-3,6-8,11,13H,4-5,9-10,12H2,(H,20,21,24). The van der Waals surface area contributed by atoms with Gasteiger partial charge in [-0.1, -0.05) is 30.3 Å². The number of hydrogen-bond donors (Lipinski definition) is 1. The van der Waals surface area contributed by atoms with Crippen LogP contribution in [0.1, 0.15) is 28.1 Å². The van der Waals surface area contributed by atoms with Crippen LogP contribution in [0.5, 0.6) is 0 Å². The Kier molecular flexibility index (Phi) is 5.25. The maximum Gasteiger partial charge on any atom is 0.269 e. The summed E-state index contributed by atoms with van der Waals surface area (Å²) in [6.07, 6.45) is 3.21. The smallest absolute Gasteiger partial charge is 0.269 e. The van der Waals surface area contributed by atoms with E-state index in [-0.39, 0.29) is 15.7 Å². The Morgan fingerprint density at radius 3 is 2.64 bits per heavy atom. The third-order valence-electron chi connectivity index (χ3n) is 4.47. The zero-order chi connectivity index (χ0) is 19.6. The summed E-state index contributed by atoms with van der Waals surface area (Å²) in [5, 5.41) is 8.45. The van der Waals surface area contributed by atoms with E-state index in [2.05, 4.69) is 15.4 Å². The van der Waals surface area contributed by atoms with Crippen LogP contribution in [0.2, 0.25) is 0 Å². The van der Waals surface area contributed by atoms with E-state index in [0.29, 0.717) is 19.6 Å². The number of nitrogens with zero attached hydrogens (tertiary/aromatic N) is 4. The third-order valence-corrected chi connectivity index (χ3v) is 7.45. The van der Waals surface area contributed by atoms with Gasteiger partial charge in [0.05, 0.1) is 6.54 Å². The number of thiophene rings is 1. The van der Waals surface area contributed by atoms with Crippen LogP contribution in [0.3, 0.4) is 0 Å². The van der Waals surface area contributed by atoms with Gasteiger partial charge in [0.2, 0.25) is 16.0 Å². The Hall–Kier alpha value is -2.56. The number of nitrogens with one attached hydrogen (secondary N) is 1. The summed E-state index contributed by atoms with van der Waals surface area (Å²) in [7, 11) is -3.66. The number of sulfonamides is 1. The molecule has 0 saturated carbocycles. The molecular formula is C18H19N5O3S2. The molecule has 2 aromatic heterocycles. The summed E-state index contributed by atoms with van der Waals surface area (Å²) in [6.45, 7) is 1.51. The normalized spacial score (nSPS) is 15.0. The van der Waals surface area contributed by atoms with E-state index in [1.54, 1.807) is 10.1 Å². The van der Waals surface area contributed by atoms with Gasteiger partial charge in [0, 0.05) is 13.1 Å². The topological polar surface area (TPSA) is 97.2 Å². The summed E-state index contributed by atoms with van der Waals surface area (Å²) in [5.74, 6) is -0.385. The van der Waals surface area contributed by atoms with Gasteiger partial charge in [0.15, 0.2) is 0 Å². The molecule has 0 unspecified atom stereocenters. The lowest BCUT2D eigenvalue weighted by molar-refractivity contribution is 0.102. The molecule has 1 saturated heterocycles. The predicted molar refractivity (Wildman–Crippen MR) is 106 cm³/mol. The molecule has 0 spiro atoms. The van der Waals surface area contributed by atoms with Crippen molar-refractivity contribution in [2.45, 2.75) is 24.3 Å². The van der Waals surface area contributed by atoms with Gasteiger partial charge in [-0.05, 0) is 29.9 Å². The van der Waals surface area contributed by atoms with Crippen LogP contribution in [0.15, 0.2) is 53.0 Å². The number of carbonyl (C=O) groups is 1. The van der Waals surface area contributed by atoms with Crippen molar-refractivity contribution < 1.29 is 13.2 Å². The first-order valence-corrected chi connectivity index (χ1v) is 11.2. The van der Waals surface area contributed by atoms with Gasteiger partial charge in [-0.3, -0.25) is 10.1 Å². The molecule has 1 fully saturated rings. The van der Waals surface area contributed by atoms with Crippen LogP contribution >= 0.6 is 11.3 Å². The lowest BCUT2D eigenvalue weighted by atomic mass is 10.2. The zero-order valence-electron chi connectivity index (χ0n) is 15.0. The van der Waals surface area contributed by atoms with Crippen molar-refractivity contribution in [3.05, 3.63) is 58.5 Å². The van der Waals surface area contributed by atoms with Crippen molar-refractivity contribution in [1.29, 1.82) is 0 Å². The first-order chi connectivity index (χ1) is 13.5.